The van der Waals surface area contributed by atoms with Gasteiger partial charge in [-0.3, -0.25) is 4.79 Å². The molecule has 0 bridgehead atoms. The number of nitrogens with zero attached hydrogens (tertiary/aromatic N) is 1. The Labute approximate surface area is 174 Å². The van der Waals surface area contributed by atoms with Gasteiger partial charge in [0.2, 0.25) is 0 Å². The van der Waals surface area contributed by atoms with Gasteiger partial charge in [0.25, 0.3) is 5.91 Å². The van der Waals surface area contributed by atoms with Crippen molar-refractivity contribution in [3.63, 3.8) is 0 Å². The van der Waals surface area contributed by atoms with E-state index in [1.54, 1.807) is 64.8 Å². The molecule has 0 spiro atoms. The van der Waals surface area contributed by atoms with Crippen molar-refractivity contribution in [2.24, 2.45) is 0 Å². The molecule has 0 fully saturated rings. The highest BCUT2D eigenvalue weighted by Gasteiger charge is 2.33. The van der Waals surface area contributed by atoms with E-state index in [-0.39, 0.29) is 5.91 Å². The van der Waals surface area contributed by atoms with E-state index < -0.39 is 6.04 Å². The molecule has 1 aliphatic heterocycles. The smallest absolute Gasteiger partial charge is 0.256 e. The number of ether oxygens (including phenoxy) is 3. The van der Waals surface area contributed by atoms with Crippen LogP contribution >= 0.6 is 12.2 Å². The molecule has 3 rings (SSSR count). The van der Waals surface area contributed by atoms with Crippen LogP contribution < -0.4 is 30.2 Å². The van der Waals surface area contributed by atoms with Gasteiger partial charge in [0.05, 0.1) is 32.9 Å². The molecule has 1 aromatic carbocycles. The molecule has 8 nitrogen and oxygen atoms in total. The summed E-state index contributed by atoms with van der Waals surface area (Å²) in [6, 6.07) is 8.20. The van der Waals surface area contributed by atoms with Crippen molar-refractivity contribution in [3.05, 3.63) is 53.4 Å². The van der Waals surface area contributed by atoms with Crippen molar-refractivity contribution in [1.82, 2.24) is 15.6 Å². The van der Waals surface area contributed by atoms with E-state index in [0.29, 0.717) is 45.0 Å². The van der Waals surface area contributed by atoms with E-state index in [1.165, 1.54) is 0 Å². The standard InChI is InChI=1S/C20H22N4O4S/c1-11-17(19(25)23-16-7-5-6-8-21-16)18(24-20(29)22-11)12-9-14(27-3)15(28-4)10-13(12)26-2/h5-10,18H,1-4H3,(H,21,23,25)(H2,22,24,29)/t18-/m1/s1. The first-order valence-electron chi connectivity index (χ1n) is 8.79. The lowest BCUT2D eigenvalue weighted by atomic mass is 9.93. The summed E-state index contributed by atoms with van der Waals surface area (Å²) in [7, 11) is 4.64. The normalized spacial score (nSPS) is 15.9. The Bertz CT molecular complexity index is 962. The molecule has 9 heteroatoms. The summed E-state index contributed by atoms with van der Waals surface area (Å²) < 4.78 is 16.3. The molecular formula is C20H22N4O4S. The van der Waals surface area contributed by atoms with E-state index >= 15 is 0 Å². The first-order valence-corrected chi connectivity index (χ1v) is 9.19. The molecule has 1 aliphatic rings. The zero-order valence-corrected chi connectivity index (χ0v) is 17.3. The molecule has 0 unspecified atom stereocenters. The second-order valence-electron chi connectivity index (χ2n) is 6.19. The van der Waals surface area contributed by atoms with Crippen LogP contribution in [0.2, 0.25) is 0 Å². The van der Waals surface area contributed by atoms with Gasteiger partial charge in [-0.25, -0.2) is 4.98 Å². The maximum atomic E-state index is 13.1. The van der Waals surface area contributed by atoms with Crippen molar-refractivity contribution in [3.8, 4) is 17.2 Å². The van der Waals surface area contributed by atoms with Gasteiger partial charge in [-0.2, -0.15) is 0 Å². The Morgan fingerprint density at radius 3 is 2.41 bits per heavy atom. The van der Waals surface area contributed by atoms with Crippen molar-refractivity contribution in [2.45, 2.75) is 13.0 Å². The van der Waals surface area contributed by atoms with E-state index in [2.05, 4.69) is 20.9 Å². The Morgan fingerprint density at radius 1 is 1.10 bits per heavy atom. The van der Waals surface area contributed by atoms with Crippen molar-refractivity contribution < 1.29 is 19.0 Å². The average Bonchev–Trinajstić information content (AvgIpc) is 2.72. The lowest BCUT2D eigenvalue weighted by Crippen LogP contribution is -2.45. The Kier molecular flexibility index (Phi) is 6.18. The van der Waals surface area contributed by atoms with E-state index in [0.717, 1.165) is 0 Å². The maximum Gasteiger partial charge on any atom is 0.256 e. The Morgan fingerprint density at radius 2 is 1.79 bits per heavy atom. The van der Waals surface area contributed by atoms with Gasteiger partial charge in [-0.05, 0) is 37.3 Å². The molecule has 0 saturated carbocycles. The third kappa shape index (κ3) is 4.24. The van der Waals surface area contributed by atoms with Crippen LogP contribution in [-0.4, -0.2) is 37.3 Å². The second-order valence-corrected chi connectivity index (χ2v) is 6.60. The highest BCUT2D eigenvalue weighted by Crippen LogP contribution is 2.40. The fourth-order valence-corrected chi connectivity index (χ4v) is 3.40. The highest BCUT2D eigenvalue weighted by molar-refractivity contribution is 7.80. The molecule has 0 saturated heterocycles. The minimum Gasteiger partial charge on any atom is -0.496 e. The van der Waals surface area contributed by atoms with E-state index in [4.69, 9.17) is 26.4 Å². The monoisotopic (exact) mass is 414 g/mol. The van der Waals surface area contributed by atoms with Crippen LogP contribution in [0, 0.1) is 0 Å². The number of benzene rings is 1. The molecule has 0 radical (unpaired) electrons. The number of methoxy groups -OCH3 is 3. The van der Waals surface area contributed by atoms with Gasteiger partial charge in [-0.15, -0.1) is 0 Å². The third-order valence-electron chi connectivity index (χ3n) is 4.47. The molecule has 2 aromatic rings. The summed E-state index contributed by atoms with van der Waals surface area (Å²) in [5.41, 5.74) is 1.76. The minimum absolute atomic E-state index is 0.314. The number of pyridine rings is 1. The van der Waals surface area contributed by atoms with Crippen LogP contribution in [0.3, 0.4) is 0 Å². The minimum atomic E-state index is -0.567. The number of amides is 1. The summed E-state index contributed by atoms with van der Waals surface area (Å²) in [6.45, 7) is 1.79. The molecular weight excluding hydrogens is 392 g/mol. The van der Waals surface area contributed by atoms with Gasteiger partial charge in [0, 0.05) is 23.5 Å². The molecule has 3 N–H and O–H groups in total. The quantitative estimate of drug-likeness (QED) is 0.621. The molecule has 2 heterocycles. The topological polar surface area (TPSA) is 93.7 Å². The number of rotatable bonds is 6. The number of hydrogen-bond acceptors (Lipinski definition) is 6. The fraction of sp³-hybridized carbons (Fsp3) is 0.250. The van der Waals surface area contributed by atoms with Crippen LogP contribution in [0.1, 0.15) is 18.5 Å². The predicted molar refractivity (Wildman–Crippen MR) is 113 cm³/mol. The molecule has 29 heavy (non-hydrogen) atoms. The average molecular weight is 414 g/mol. The SMILES string of the molecule is COc1cc(OC)c([C@H]2NC(=S)NC(C)=C2C(=O)Nc2ccccn2)cc1OC. The Hall–Kier alpha value is -3.33. The van der Waals surface area contributed by atoms with Gasteiger partial charge >= 0.3 is 0 Å². The molecule has 0 aliphatic carbocycles. The molecule has 1 amide bonds. The zero-order valence-electron chi connectivity index (χ0n) is 16.5. The largest absolute Gasteiger partial charge is 0.496 e. The summed E-state index contributed by atoms with van der Waals surface area (Å²) in [6.07, 6.45) is 1.61. The Balaban J connectivity index is 2.07. The van der Waals surface area contributed by atoms with Gasteiger partial charge in [0.1, 0.15) is 11.6 Å². The number of anilines is 1. The number of nitrogens with one attached hydrogen (secondary N) is 3. The maximum absolute atomic E-state index is 13.1. The summed E-state index contributed by atoms with van der Waals surface area (Å²) in [4.78, 5) is 17.3. The lowest BCUT2D eigenvalue weighted by Gasteiger charge is -2.31. The summed E-state index contributed by atoms with van der Waals surface area (Å²) in [5.74, 6) is 1.69. The molecule has 152 valence electrons. The fourth-order valence-electron chi connectivity index (χ4n) is 3.13. The first kappa shape index (κ1) is 20.4. The number of aromatic nitrogens is 1. The second kappa shape index (κ2) is 8.78. The van der Waals surface area contributed by atoms with Crippen LogP contribution in [0.5, 0.6) is 17.2 Å². The zero-order chi connectivity index (χ0) is 21.0. The number of allylic oxidation sites excluding steroid dienone is 1. The van der Waals surface area contributed by atoms with Gasteiger partial charge in [0.15, 0.2) is 16.6 Å². The van der Waals surface area contributed by atoms with Crippen molar-refractivity contribution in [1.29, 1.82) is 0 Å². The predicted octanol–water partition coefficient (Wildman–Crippen LogP) is 2.54. The van der Waals surface area contributed by atoms with Gasteiger partial charge < -0.3 is 30.2 Å². The number of hydrogen-bond donors (Lipinski definition) is 3. The summed E-state index contributed by atoms with van der Waals surface area (Å²) >= 11 is 5.32. The van der Waals surface area contributed by atoms with Crippen LogP contribution in [-0.2, 0) is 4.79 Å². The summed E-state index contributed by atoms with van der Waals surface area (Å²) in [5, 5.41) is 9.37. The molecule has 1 atom stereocenters. The number of thiocarbonyl (C=S) groups is 1. The lowest BCUT2D eigenvalue weighted by molar-refractivity contribution is -0.113. The van der Waals surface area contributed by atoms with Crippen molar-refractivity contribution >= 4 is 29.1 Å². The van der Waals surface area contributed by atoms with E-state index in [1.807, 2.05) is 0 Å². The molecule has 1 aromatic heterocycles. The van der Waals surface area contributed by atoms with Gasteiger partial charge in [-0.1, -0.05) is 6.07 Å². The first-order chi connectivity index (χ1) is 14.0. The number of carbonyl (C=O) groups excluding carboxylic acids is 1. The van der Waals surface area contributed by atoms with Crippen LogP contribution in [0.15, 0.2) is 47.8 Å². The van der Waals surface area contributed by atoms with Crippen LogP contribution in [0.4, 0.5) is 5.82 Å². The van der Waals surface area contributed by atoms with E-state index in [9.17, 15) is 4.79 Å². The number of carbonyl (C=O) groups is 1. The van der Waals surface area contributed by atoms with Crippen LogP contribution in [0.25, 0.3) is 0 Å². The highest BCUT2D eigenvalue weighted by atomic mass is 32.1. The third-order valence-corrected chi connectivity index (χ3v) is 4.69. The van der Waals surface area contributed by atoms with Crippen molar-refractivity contribution in [2.75, 3.05) is 26.6 Å².